The van der Waals surface area contributed by atoms with E-state index in [1.807, 2.05) is 55.8 Å². The molecular formula is C21H25N3O3. The maximum Gasteiger partial charge on any atom is 0.251 e. The average Bonchev–Trinajstić information content (AvgIpc) is 2.97. The lowest BCUT2D eigenvalue weighted by atomic mass is 10.2. The molecule has 1 aromatic heterocycles. The second kappa shape index (κ2) is 8.12. The number of aryl methyl sites for hydroxylation is 1. The van der Waals surface area contributed by atoms with E-state index < -0.39 is 0 Å². The molecule has 0 fully saturated rings. The fraction of sp³-hybridized carbons (Fsp3) is 0.333. The minimum Gasteiger partial charge on any atom is -0.497 e. The van der Waals surface area contributed by atoms with Crippen molar-refractivity contribution >= 4 is 16.9 Å². The largest absolute Gasteiger partial charge is 0.497 e. The molecule has 3 rings (SSSR count). The van der Waals surface area contributed by atoms with Crippen LogP contribution < -0.4 is 14.8 Å². The van der Waals surface area contributed by atoms with Gasteiger partial charge in [0.2, 0.25) is 0 Å². The third kappa shape index (κ3) is 4.39. The summed E-state index contributed by atoms with van der Waals surface area (Å²) in [6.07, 6.45) is 0.756. The van der Waals surface area contributed by atoms with Gasteiger partial charge in [0.15, 0.2) is 0 Å². The van der Waals surface area contributed by atoms with Crippen LogP contribution in [-0.2, 0) is 13.5 Å². The second-order valence-electron chi connectivity index (χ2n) is 6.64. The molecule has 0 aliphatic rings. The van der Waals surface area contributed by atoms with Gasteiger partial charge >= 0.3 is 0 Å². The summed E-state index contributed by atoms with van der Waals surface area (Å²) >= 11 is 0. The highest BCUT2D eigenvalue weighted by atomic mass is 16.5. The minimum atomic E-state index is -0.105. The number of ether oxygens (including phenoxy) is 2. The van der Waals surface area contributed by atoms with E-state index in [2.05, 4.69) is 10.3 Å². The van der Waals surface area contributed by atoms with Gasteiger partial charge in [-0.2, -0.15) is 0 Å². The average molecular weight is 367 g/mol. The zero-order valence-corrected chi connectivity index (χ0v) is 16.2. The van der Waals surface area contributed by atoms with E-state index in [9.17, 15) is 4.79 Å². The smallest absolute Gasteiger partial charge is 0.251 e. The first-order valence-corrected chi connectivity index (χ1v) is 9.02. The molecule has 0 saturated carbocycles. The third-order valence-electron chi connectivity index (χ3n) is 4.30. The second-order valence-corrected chi connectivity index (χ2v) is 6.64. The number of fused-ring (bicyclic) bond motifs is 1. The number of amides is 1. The predicted octanol–water partition coefficient (Wildman–Crippen LogP) is 3.34. The molecule has 6 nitrogen and oxygen atoms in total. The zero-order chi connectivity index (χ0) is 19.4. The number of carbonyl (C=O) groups excluding carboxylic acids is 1. The van der Waals surface area contributed by atoms with Crippen molar-refractivity contribution in [2.75, 3.05) is 13.7 Å². The molecule has 0 aliphatic carbocycles. The monoisotopic (exact) mass is 367 g/mol. The molecule has 3 aromatic rings. The summed E-state index contributed by atoms with van der Waals surface area (Å²) in [6, 6.07) is 13.0. The van der Waals surface area contributed by atoms with Gasteiger partial charge < -0.3 is 19.4 Å². The molecule has 0 bridgehead atoms. The van der Waals surface area contributed by atoms with Crippen LogP contribution in [0.25, 0.3) is 11.0 Å². The number of hydrogen-bond acceptors (Lipinski definition) is 4. The third-order valence-corrected chi connectivity index (χ3v) is 4.30. The Bertz CT molecular complexity index is 930. The molecule has 1 N–H and O–H groups in total. The van der Waals surface area contributed by atoms with Crippen LogP contribution in [-0.4, -0.2) is 35.2 Å². The lowest BCUT2D eigenvalue weighted by Gasteiger charge is -2.10. The van der Waals surface area contributed by atoms with Gasteiger partial charge in [-0.05, 0) is 50.2 Å². The molecule has 0 unspecified atom stereocenters. The van der Waals surface area contributed by atoms with Gasteiger partial charge in [0, 0.05) is 31.6 Å². The Balaban J connectivity index is 1.60. The quantitative estimate of drug-likeness (QED) is 0.696. The van der Waals surface area contributed by atoms with Crippen molar-refractivity contribution < 1.29 is 14.3 Å². The standard InChI is InChI=1S/C21H25N3O3/c1-14(2)27-16-7-5-15(6-8-16)21(25)22-12-11-20-23-18-13-17(26-4)9-10-19(18)24(20)3/h5-10,13-14H,11-12H2,1-4H3,(H,22,25). The molecule has 1 amide bonds. The number of imidazole rings is 1. The van der Waals surface area contributed by atoms with Crippen LogP contribution in [0.4, 0.5) is 0 Å². The Hall–Kier alpha value is -3.02. The highest BCUT2D eigenvalue weighted by molar-refractivity contribution is 5.94. The summed E-state index contributed by atoms with van der Waals surface area (Å²) in [6.45, 7) is 4.45. The van der Waals surface area contributed by atoms with Gasteiger partial charge in [-0.1, -0.05) is 0 Å². The molecule has 6 heteroatoms. The molecule has 0 atom stereocenters. The molecule has 0 aliphatic heterocycles. The summed E-state index contributed by atoms with van der Waals surface area (Å²) < 4.78 is 12.9. The van der Waals surface area contributed by atoms with Gasteiger partial charge in [-0.15, -0.1) is 0 Å². The van der Waals surface area contributed by atoms with E-state index in [4.69, 9.17) is 9.47 Å². The first kappa shape index (κ1) is 18.8. The van der Waals surface area contributed by atoms with Crippen molar-refractivity contribution in [3.63, 3.8) is 0 Å². The summed E-state index contributed by atoms with van der Waals surface area (Å²) in [5, 5.41) is 2.94. The Morgan fingerprint density at radius 2 is 1.85 bits per heavy atom. The Morgan fingerprint density at radius 1 is 1.15 bits per heavy atom. The zero-order valence-electron chi connectivity index (χ0n) is 16.2. The maximum atomic E-state index is 12.3. The highest BCUT2D eigenvalue weighted by Gasteiger charge is 2.10. The SMILES string of the molecule is COc1ccc2c(c1)nc(CCNC(=O)c1ccc(OC(C)C)cc1)n2C. The first-order valence-electron chi connectivity index (χ1n) is 9.02. The molecule has 142 valence electrons. The minimum absolute atomic E-state index is 0.105. The topological polar surface area (TPSA) is 65.4 Å². The Kier molecular flexibility index (Phi) is 5.64. The maximum absolute atomic E-state index is 12.3. The van der Waals surface area contributed by atoms with Gasteiger partial charge in [-0.25, -0.2) is 4.98 Å². The number of methoxy groups -OCH3 is 1. The van der Waals surface area contributed by atoms with Crippen molar-refractivity contribution in [3.05, 3.63) is 53.9 Å². The van der Waals surface area contributed by atoms with Crippen LogP contribution in [0, 0.1) is 0 Å². The molecule has 0 radical (unpaired) electrons. The summed E-state index contributed by atoms with van der Waals surface area (Å²) in [7, 11) is 3.62. The summed E-state index contributed by atoms with van der Waals surface area (Å²) in [5.41, 5.74) is 2.54. The van der Waals surface area contributed by atoms with Crippen LogP contribution in [0.1, 0.15) is 30.0 Å². The summed E-state index contributed by atoms with van der Waals surface area (Å²) in [5.74, 6) is 2.35. The number of nitrogens with zero attached hydrogens (tertiary/aromatic N) is 2. The van der Waals surface area contributed by atoms with Gasteiger partial charge in [0.05, 0.1) is 24.2 Å². The van der Waals surface area contributed by atoms with Gasteiger partial charge in [0.1, 0.15) is 17.3 Å². The Morgan fingerprint density at radius 3 is 2.52 bits per heavy atom. The lowest BCUT2D eigenvalue weighted by Crippen LogP contribution is -2.26. The van der Waals surface area contributed by atoms with Crippen LogP contribution in [0.2, 0.25) is 0 Å². The van der Waals surface area contributed by atoms with Crippen molar-refractivity contribution in [1.29, 1.82) is 0 Å². The van der Waals surface area contributed by atoms with Crippen LogP contribution >= 0.6 is 0 Å². The number of benzene rings is 2. The fourth-order valence-corrected chi connectivity index (χ4v) is 2.93. The molecule has 0 saturated heterocycles. The summed E-state index contributed by atoms with van der Waals surface area (Å²) in [4.78, 5) is 17.0. The first-order chi connectivity index (χ1) is 13.0. The number of hydrogen-bond donors (Lipinski definition) is 1. The molecular weight excluding hydrogens is 342 g/mol. The van der Waals surface area contributed by atoms with Gasteiger partial charge in [-0.3, -0.25) is 4.79 Å². The van der Waals surface area contributed by atoms with Crippen LogP contribution in [0.15, 0.2) is 42.5 Å². The molecule has 0 spiro atoms. The molecule has 1 heterocycles. The number of carbonyl (C=O) groups is 1. The van der Waals surface area contributed by atoms with E-state index >= 15 is 0 Å². The molecule has 27 heavy (non-hydrogen) atoms. The van der Waals surface area contributed by atoms with E-state index in [0.29, 0.717) is 18.5 Å². The van der Waals surface area contributed by atoms with Crippen molar-refractivity contribution in [2.24, 2.45) is 7.05 Å². The van der Waals surface area contributed by atoms with Crippen molar-refractivity contribution in [1.82, 2.24) is 14.9 Å². The van der Waals surface area contributed by atoms with Crippen molar-refractivity contribution in [3.8, 4) is 11.5 Å². The molecule has 2 aromatic carbocycles. The number of aromatic nitrogens is 2. The van der Waals surface area contributed by atoms with Crippen molar-refractivity contribution in [2.45, 2.75) is 26.4 Å². The van der Waals surface area contributed by atoms with E-state index in [1.165, 1.54) is 0 Å². The number of rotatable bonds is 7. The number of nitrogens with one attached hydrogen (secondary N) is 1. The van der Waals surface area contributed by atoms with E-state index in [1.54, 1.807) is 19.2 Å². The van der Waals surface area contributed by atoms with Crippen LogP contribution in [0.5, 0.6) is 11.5 Å². The normalized spacial score (nSPS) is 11.0. The lowest BCUT2D eigenvalue weighted by molar-refractivity contribution is 0.0954. The Labute approximate surface area is 159 Å². The van der Waals surface area contributed by atoms with E-state index in [-0.39, 0.29) is 12.0 Å². The fourth-order valence-electron chi connectivity index (χ4n) is 2.93. The van der Waals surface area contributed by atoms with Gasteiger partial charge in [0.25, 0.3) is 5.91 Å². The highest BCUT2D eigenvalue weighted by Crippen LogP contribution is 2.21. The van der Waals surface area contributed by atoms with E-state index in [0.717, 1.165) is 28.4 Å². The predicted molar refractivity (Wildman–Crippen MR) is 106 cm³/mol. The van der Waals surface area contributed by atoms with Crippen LogP contribution in [0.3, 0.4) is 0 Å².